The third-order valence-electron chi connectivity index (χ3n) is 5.37. The lowest BCUT2D eigenvalue weighted by Gasteiger charge is -2.31. The van der Waals surface area contributed by atoms with Gasteiger partial charge in [0.15, 0.2) is 0 Å². The van der Waals surface area contributed by atoms with Gasteiger partial charge in [0.05, 0.1) is 26.7 Å². The molecule has 1 aliphatic rings. The fourth-order valence-corrected chi connectivity index (χ4v) is 5.58. The summed E-state index contributed by atoms with van der Waals surface area (Å²) in [5.74, 6) is -1.66. The molecule has 34 heavy (non-hydrogen) atoms. The highest BCUT2D eigenvalue weighted by Crippen LogP contribution is 2.37. The van der Waals surface area contributed by atoms with Crippen LogP contribution in [0, 0.1) is 5.82 Å². The summed E-state index contributed by atoms with van der Waals surface area (Å²) in [7, 11) is -4.04. The normalized spacial score (nSPS) is 14.0. The van der Waals surface area contributed by atoms with Crippen molar-refractivity contribution >= 4 is 38.9 Å². The van der Waals surface area contributed by atoms with E-state index >= 15 is 0 Å². The molecule has 0 spiro atoms. The Kier molecular flexibility index (Phi) is 6.30. The lowest BCUT2D eigenvalue weighted by molar-refractivity contribution is -0.137. The Morgan fingerprint density at radius 2 is 1.74 bits per heavy atom. The molecule has 0 saturated heterocycles. The van der Waals surface area contributed by atoms with Gasteiger partial charge in [0, 0.05) is 12.2 Å². The van der Waals surface area contributed by atoms with Crippen molar-refractivity contribution in [2.45, 2.75) is 23.9 Å². The summed E-state index contributed by atoms with van der Waals surface area (Å²) >= 11 is 5.90. The molecule has 3 aromatic rings. The van der Waals surface area contributed by atoms with Crippen molar-refractivity contribution in [2.75, 3.05) is 16.2 Å². The molecule has 3 aromatic carbocycles. The monoisotopic (exact) mass is 512 g/mol. The molecular formula is C23H17ClF4N2O3S. The van der Waals surface area contributed by atoms with E-state index in [-0.39, 0.29) is 27.8 Å². The molecule has 0 saturated carbocycles. The maximum absolute atomic E-state index is 13.4. The van der Waals surface area contributed by atoms with E-state index in [0.29, 0.717) is 18.4 Å². The van der Waals surface area contributed by atoms with Crippen LogP contribution in [0.3, 0.4) is 0 Å². The SMILES string of the molecule is O=C(Nc1ccc2c(c1)N(S(=O)(=O)c1ccc(F)cc1)CCC2)c1c(Cl)cccc1C(F)(F)F. The van der Waals surface area contributed by atoms with E-state index in [1.165, 1.54) is 18.2 Å². The number of aryl methyl sites for hydroxylation is 1. The summed E-state index contributed by atoms with van der Waals surface area (Å²) in [6.45, 7) is 0.146. The van der Waals surface area contributed by atoms with E-state index < -0.39 is 39.1 Å². The average molecular weight is 513 g/mol. The van der Waals surface area contributed by atoms with Crippen molar-refractivity contribution < 1.29 is 30.8 Å². The number of hydrogen-bond acceptors (Lipinski definition) is 3. The van der Waals surface area contributed by atoms with E-state index in [0.717, 1.165) is 40.7 Å². The van der Waals surface area contributed by atoms with Crippen LogP contribution in [0.25, 0.3) is 0 Å². The third-order valence-corrected chi connectivity index (χ3v) is 7.51. The first-order valence-electron chi connectivity index (χ1n) is 10.1. The van der Waals surface area contributed by atoms with Crippen LogP contribution in [0.2, 0.25) is 5.02 Å². The zero-order valence-electron chi connectivity index (χ0n) is 17.4. The van der Waals surface area contributed by atoms with Crippen LogP contribution in [0.5, 0.6) is 0 Å². The topological polar surface area (TPSA) is 66.5 Å². The number of carbonyl (C=O) groups is 1. The van der Waals surface area contributed by atoms with Crippen molar-refractivity contribution in [2.24, 2.45) is 0 Å². The predicted molar refractivity (Wildman–Crippen MR) is 120 cm³/mol. The van der Waals surface area contributed by atoms with Crippen LogP contribution >= 0.6 is 11.6 Å². The standard InChI is InChI=1S/C23H17ClF4N2O3S/c24-19-5-1-4-18(23(26,27)28)21(19)22(31)29-16-9-6-14-3-2-12-30(20(14)13-16)34(32,33)17-10-7-15(25)8-11-17/h1,4-11,13H,2-3,12H2,(H,29,31). The molecule has 0 radical (unpaired) electrons. The summed E-state index contributed by atoms with van der Waals surface area (Å²) in [4.78, 5) is 12.6. The molecule has 0 atom stereocenters. The number of benzene rings is 3. The summed E-state index contributed by atoms with van der Waals surface area (Å²) < 4.78 is 81.0. The molecule has 0 aliphatic carbocycles. The third kappa shape index (κ3) is 4.60. The molecule has 4 rings (SSSR count). The summed E-state index contributed by atoms with van der Waals surface area (Å²) in [6.07, 6.45) is -3.69. The number of amides is 1. The van der Waals surface area contributed by atoms with Crippen LogP contribution in [0.4, 0.5) is 28.9 Å². The fourth-order valence-electron chi connectivity index (χ4n) is 3.79. The highest BCUT2D eigenvalue weighted by atomic mass is 35.5. The van der Waals surface area contributed by atoms with Crippen molar-refractivity contribution in [1.29, 1.82) is 0 Å². The number of carbonyl (C=O) groups excluding carboxylic acids is 1. The van der Waals surface area contributed by atoms with E-state index in [2.05, 4.69) is 5.32 Å². The van der Waals surface area contributed by atoms with E-state index in [1.807, 2.05) is 0 Å². The molecule has 0 bridgehead atoms. The molecule has 0 unspecified atom stereocenters. The van der Waals surface area contributed by atoms with Crippen LogP contribution < -0.4 is 9.62 Å². The van der Waals surface area contributed by atoms with Gasteiger partial charge in [-0.1, -0.05) is 23.7 Å². The molecule has 5 nitrogen and oxygen atoms in total. The Balaban J connectivity index is 1.69. The number of anilines is 2. The summed E-state index contributed by atoms with van der Waals surface area (Å²) in [6, 6.07) is 11.9. The largest absolute Gasteiger partial charge is 0.417 e. The summed E-state index contributed by atoms with van der Waals surface area (Å²) in [5.41, 5.74) is -0.855. The van der Waals surface area contributed by atoms with E-state index in [1.54, 1.807) is 6.07 Å². The number of rotatable bonds is 4. The quantitative estimate of drug-likeness (QED) is 0.443. The minimum Gasteiger partial charge on any atom is -0.322 e. The lowest BCUT2D eigenvalue weighted by Crippen LogP contribution is -2.35. The minimum absolute atomic E-state index is 0.0954. The van der Waals surface area contributed by atoms with E-state index in [9.17, 15) is 30.8 Å². The van der Waals surface area contributed by atoms with Crippen molar-refractivity contribution in [1.82, 2.24) is 0 Å². The van der Waals surface area contributed by atoms with Gasteiger partial charge in [-0.15, -0.1) is 0 Å². The number of nitrogens with zero attached hydrogens (tertiary/aromatic N) is 1. The number of sulfonamides is 1. The van der Waals surface area contributed by atoms with Crippen LogP contribution in [0.1, 0.15) is 27.9 Å². The van der Waals surface area contributed by atoms with Gasteiger partial charge < -0.3 is 5.32 Å². The maximum Gasteiger partial charge on any atom is 0.417 e. The molecule has 1 amide bonds. The fraction of sp³-hybridized carbons (Fsp3) is 0.174. The van der Waals surface area contributed by atoms with Gasteiger partial charge >= 0.3 is 6.18 Å². The van der Waals surface area contributed by atoms with Gasteiger partial charge in [-0.05, 0) is 66.9 Å². The molecule has 0 aromatic heterocycles. The number of alkyl halides is 3. The van der Waals surface area contributed by atoms with Crippen molar-refractivity contribution in [3.05, 3.63) is 88.2 Å². The second-order valence-electron chi connectivity index (χ2n) is 7.59. The zero-order valence-corrected chi connectivity index (χ0v) is 18.9. The van der Waals surface area contributed by atoms with Crippen LogP contribution in [0.15, 0.2) is 65.6 Å². The first kappa shape index (κ1) is 24.0. The van der Waals surface area contributed by atoms with Gasteiger partial charge in [-0.25, -0.2) is 12.8 Å². The smallest absolute Gasteiger partial charge is 0.322 e. The van der Waals surface area contributed by atoms with Gasteiger partial charge in [0.1, 0.15) is 5.82 Å². The zero-order chi connectivity index (χ0) is 24.7. The Morgan fingerprint density at radius 3 is 2.41 bits per heavy atom. The van der Waals surface area contributed by atoms with Crippen LogP contribution in [-0.4, -0.2) is 20.9 Å². The predicted octanol–water partition coefficient (Wildman–Crippen LogP) is 5.89. The highest BCUT2D eigenvalue weighted by molar-refractivity contribution is 7.92. The second kappa shape index (κ2) is 8.92. The van der Waals surface area contributed by atoms with Gasteiger partial charge in [0.2, 0.25) is 0 Å². The van der Waals surface area contributed by atoms with Gasteiger partial charge in [0.25, 0.3) is 15.9 Å². The number of hydrogen-bond donors (Lipinski definition) is 1. The Morgan fingerprint density at radius 1 is 1.03 bits per heavy atom. The maximum atomic E-state index is 13.4. The van der Waals surface area contributed by atoms with E-state index in [4.69, 9.17) is 11.6 Å². The average Bonchev–Trinajstić information content (AvgIpc) is 2.78. The number of nitrogens with one attached hydrogen (secondary N) is 1. The first-order chi connectivity index (χ1) is 16.0. The number of halogens is 5. The lowest BCUT2D eigenvalue weighted by atomic mass is 10.0. The molecule has 11 heteroatoms. The van der Waals surface area contributed by atoms with Crippen LogP contribution in [-0.2, 0) is 22.6 Å². The van der Waals surface area contributed by atoms with Gasteiger partial charge in [-0.3, -0.25) is 9.10 Å². The molecule has 1 N–H and O–H groups in total. The summed E-state index contributed by atoms with van der Waals surface area (Å²) in [5, 5.41) is 2.02. The minimum atomic E-state index is -4.80. The Bertz CT molecular complexity index is 1360. The number of fused-ring (bicyclic) bond motifs is 1. The van der Waals surface area contributed by atoms with Crippen molar-refractivity contribution in [3.8, 4) is 0 Å². The molecule has 178 valence electrons. The molecule has 0 fully saturated rings. The Hall–Kier alpha value is -3.11. The second-order valence-corrected chi connectivity index (χ2v) is 9.86. The van der Waals surface area contributed by atoms with Gasteiger partial charge in [-0.2, -0.15) is 13.2 Å². The highest BCUT2D eigenvalue weighted by Gasteiger charge is 2.36. The molecule has 1 heterocycles. The molecule has 1 aliphatic heterocycles. The first-order valence-corrected chi connectivity index (χ1v) is 11.9. The Labute approximate surface area is 198 Å². The molecular weight excluding hydrogens is 496 g/mol. The van der Waals surface area contributed by atoms with Crippen molar-refractivity contribution in [3.63, 3.8) is 0 Å².